The second-order valence-corrected chi connectivity index (χ2v) is 2.72. The Hall–Kier alpha value is -1.83. The van der Waals surface area contributed by atoms with Crippen molar-refractivity contribution in [2.45, 2.75) is 20.0 Å². The van der Waals surface area contributed by atoms with Gasteiger partial charge in [-0.3, -0.25) is 0 Å². The molecule has 5 heteroatoms. The van der Waals surface area contributed by atoms with E-state index < -0.39 is 0 Å². The molecule has 1 aromatic heterocycles. The Kier molecular flexibility index (Phi) is 2.65. The van der Waals surface area contributed by atoms with Crippen LogP contribution in [-0.2, 0) is 0 Å². The van der Waals surface area contributed by atoms with Crippen molar-refractivity contribution in [3.05, 3.63) is 11.9 Å². The fourth-order valence-corrected chi connectivity index (χ4v) is 0.800. The molecule has 0 aliphatic heterocycles. The van der Waals surface area contributed by atoms with Gasteiger partial charge in [-0.1, -0.05) is 0 Å². The van der Waals surface area contributed by atoms with Crippen molar-refractivity contribution < 1.29 is 4.74 Å². The fraction of sp³-hybridized carbons (Fsp3) is 0.375. The first-order valence-electron chi connectivity index (χ1n) is 3.82. The summed E-state index contributed by atoms with van der Waals surface area (Å²) < 4.78 is 5.26. The standard InChI is InChI=1S/C8H10N4O/c1-5(2)13-8-6(3-9)7(10)11-4-12-8/h4-5H,1-2H3,(H2,10,11,12). The van der Waals surface area contributed by atoms with E-state index in [1.807, 2.05) is 19.9 Å². The Labute approximate surface area is 76.2 Å². The lowest BCUT2D eigenvalue weighted by atomic mass is 10.3. The number of nitrogens with two attached hydrogens (primary N) is 1. The van der Waals surface area contributed by atoms with Gasteiger partial charge in [0.2, 0.25) is 5.88 Å². The minimum Gasteiger partial charge on any atom is -0.474 e. The zero-order valence-electron chi connectivity index (χ0n) is 7.48. The molecule has 0 aromatic carbocycles. The molecule has 0 amide bonds. The van der Waals surface area contributed by atoms with E-state index in [0.717, 1.165) is 0 Å². The molecule has 0 saturated heterocycles. The van der Waals surface area contributed by atoms with Gasteiger partial charge in [-0.2, -0.15) is 5.26 Å². The van der Waals surface area contributed by atoms with E-state index in [-0.39, 0.29) is 23.4 Å². The van der Waals surface area contributed by atoms with E-state index in [0.29, 0.717) is 0 Å². The van der Waals surface area contributed by atoms with Crippen LogP contribution >= 0.6 is 0 Å². The highest BCUT2D eigenvalue weighted by atomic mass is 16.5. The van der Waals surface area contributed by atoms with Crippen molar-refractivity contribution in [3.63, 3.8) is 0 Å². The highest BCUT2D eigenvalue weighted by Gasteiger charge is 2.10. The Balaban J connectivity index is 3.07. The number of nitrogen functional groups attached to an aromatic ring is 1. The quantitative estimate of drug-likeness (QED) is 0.721. The molecular weight excluding hydrogens is 168 g/mol. The second kappa shape index (κ2) is 3.72. The summed E-state index contributed by atoms with van der Waals surface area (Å²) >= 11 is 0. The van der Waals surface area contributed by atoms with Gasteiger partial charge in [-0.15, -0.1) is 0 Å². The summed E-state index contributed by atoms with van der Waals surface area (Å²) in [7, 11) is 0. The van der Waals surface area contributed by atoms with Crippen molar-refractivity contribution in [3.8, 4) is 11.9 Å². The number of anilines is 1. The summed E-state index contributed by atoms with van der Waals surface area (Å²) in [6.45, 7) is 3.69. The lowest BCUT2D eigenvalue weighted by Crippen LogP contribution is -2.10. The van der Waals surface area contributed by atoms with Crippen LogP contribution in [0.4, 0.5) is 5.82 Å². The van der Waals surface area contributed by atoms with Crippen molar-refractivity contribution >= 4 is 5.82 Å². The van der Waals surface area contributed by atoms with Crippen LogP contribution in [0.15, 0.2) is 6.33 Å². The van der Waals surface area contributed by atoms with Crippen LogP contribution in [0.2, 0.25) is 0 Å². The van der Waals surface area contributed by atoms with E-state index in [2.05, 4.69) is 9.97 Å². The van der Waals surface area contributed by atoms with Crippen LogP contribution in [0.25, 0.3) is 0 Å². The molecule has 0 aliphatic rings. The molecule has 1 rings (SSSR count). The molecule has 0 fully saturated rings. The van der Waals surface area contributed by atoms with Crippen LogP contribution in [0, 0.1) is 11.3 Å². The Bertz CT molecular complexity index is 342. The highest BCUT2D eigenvalue weighted by molar-refractivity contribution is 5.53. The third-order valence-corrected chi connectivity index (χ3v) is 1.30. The van der Waals surface area contributed by atoms with Crippen LogP contribution in [0.5, 0.6) is 5.88 Å². The van der Waals surface area contributed by atoms with E-state index in [9.17, 15) is 0 Å². The van der Waals surface area contributed by atoms with Gasteiger partial charge >= 0.3 is 0 Å². The maximum atomic E-state index is 8.72. The Morgan fingerprint density at radius 2 is 2.23 bits per heavy atom. The molecule has 13 heavy (non-hydrogen) atoms. The number of hydrogen-bond donors (Lipinski definition) is 1. The van der Waals surface area contributed by atoms with Gasteiger partial charge in [0.1, 0.15) is 18.2 Å². The largest absolute Gasteiger partial charge is 0.474 e. The molecule has 0 saturated carbocycles. The first-order chi connectivity index (χ1) is 6.15. The molecule has 1 aromatic rings. The molecule has 0 bridgehead atoms. The molecule has 5 nitrogen and oxygen atoms in total. The number of aromatic nitrogens is 2. The average molecular weight is 178 g/mol. The number of hydrogen-bond acceptors (Lipinski definition) is 5. The summed E-state index contributed by atoms with van der Waals surface area (Å²) in [6, 6.07) is 1.89. The van der Waals surface area contributed by atoms with Crippen LogP contribution in [0.1, 0.15) is 19.4 Å². The average Bonchev–Trinajstić information content (AvgIpc) is 2.03. The Morgan fingerprint density at radius 1 is 1.54 bits per heavy atom. The molecule has 0 unspecified atom stereocenters. The maximum Gasteiger partial charge on any atom is 0.237 e. The van der Waals surface area contributed by atoms with Crippen molar-refractivity contribution in [1.82, 2.24) is 9.97 Å². The topological polar surface area (TPSA) is 84.8 Å². The third-order valence-electron chi connectivity index (χ3n) is 1.30. The molecule has 1 heterocycles. The van der Waals surface area contributed by atoms with Crippen molar-refractivity contribution in [2.24, 2.45) is 0 Å². The van der Waals surface area contributed by atoms with E-state index >= 15 is 0 Å². The minimum absolute atomic E-state index is 0.0404. The monoisotopic (exact) mass is 178 g/mol. The zero-order valence-corrected chi connectivity index (χ0v) is 7.48. The molecule has 2 N–H and O–H groups in total. The van der Waals surface area contributed by atoms with Gasteiger partial charge < -0.3 is 10.5 Å². The van der Waals surface area contributed by atoms with Crippen LogP contribution < -0.4 is 10.5 Å². The predicted molar refractivity (Wildman–Crippen MR) is 46.9 cm³/mol. The van der Waals surface area contributed by atoms with Gasteiger partial charge in [-0.05, 0) is 13.8 Å². The number of nitriles is 1. The zero-order chi connectivity index (χ0) is 9.84. The fourth-order valence-electron chi connectivity index (χ4n) is 0.800. The second-order valence-electron chi connectivity index (χ2n) is 2.72. The smallest absolute Gasteiger partial charge is 0.237 e. The molecule has 68 valence electrons. The van der Waals surface area contributed by atoms with Gasteiger partial charge in [0.05, 0.1) is 6.10 Å². The van der Waals surface area contributed by atoms with E-state index in [1.54, 1.807) is 0 Å². The van der Waals surface area contributed by atoms with Crippen LogP contribution in [0.3, 0.4) is 0 Å². The van der Waals surface area contributed by atoms with Gasteiger partial charge in [0.15, 0.2) is 5.56 Å². The summed E-state index contributed by atoms with van der Waals surface area (Å²) in [5.41, 5.74) is 5.64. The minimum atomic E-state index is -0.0404. The van der Waals surface area contributed by atoms with E-state index in [4.69, 9.17) is 15.7 Å². The normalized spacial score (nSPS) is 9.69. The molecule has 0 atom stereocenters. The molecule has 0 radical (unpaired) electrons. The summed E-state index contributed by atoms with van der Waals surface area (Å²) in [6.07, 6.45) is 1.23. The van der Waals surface area contributed by atoms with Crippen molar-refractivity contribution in [2.75, 3.05) is 5.73 Å². The molecule has 0 aliphatic carbocycles. The van der Waals surface area contributed by atoms with Gasteiger partial charge in [-0.25, -0.2) is 9.97 Å². The number of ether oxygens (including phenoxy) is 1. The lowest BCUT2D eigenvalue weighted by Gasteiger charge is -2.09. The predicted octanol–water partition coefficient (Wildman–Crippen LogP) is 0.718. The van der Waals surface area contributed by atoms with Crippen LogP contribution in [-0.4, -0.2) is 16.1 Å². The molecule has 0 spiro atoms. The van der Waals surface area contributed by atoms with E-state index in [1.165, 1.54) is 6.33 Å². The summed E-state index contributed by atoms with van der Waals surface area (Å²) in [5, 5.41) is 8.72. The lowest BCUT2D eigenvalue weighted by molar-refractivity contribution is 0.231. The third kappa shape index (κ3) is 2.06. The summed E-state index contributed by atoms with van der Waals surface area (Å²) in [5.74, 6) is 0.387. The SMILES string of the molecule is CC(C)Oc1ncnc(N)c1C#N. The number of nitrogens with zero attached hydrogens (tertiary/aromatic N) is 3. The first-order valence-corrected chi connectivity index (χ1v) is 3.82. The number of rotatable bonds is 2. The van der Waals surface area contributed by atoms with Gasteiger partial charge in [0.25, 0.3) is 0 Å². The van der Waals surface area contributed by atoms with Crippen molar-refractivity contribution in [1.29, 1.82) is 5.26 Å². The Morgan fingerprint density at radius 3 is 2.77 bits per heavy atom. The maximum absolute atomic E-state index is 8.72. The molecular formula is C8H10N4O. The summed E-state index contributed by atoms with van der Waals surface area (Å²) in [4.78, 5) is 7.50. The van der Waals surface area contributed by atoms with Gasteiger partial charge in [0, 0.05) is 0 Å². The first kappa shape index (κ1) is 9.26. The highest BCUT2D eigenvalue weighted by Crippen LogP contribution is 2.18.